The van der Waals surface area contributed by atoms with Crippen molar-refractivity contribution in [1.29, 1.82) is 5.26 Å². The van der Waals surface area contributed by atoms with Gasteiger partial charge in [-0.05, 0) is 31.9 Å². The van der Waals surface area contributed by atoms with Crippen LogP contribution in [0.25, 0.3) is 16.9 Å². The Kier molecular flexibility index (Phi) is 4.81. The molecule has 1 aliphatic heterocycles. The van der Waals surface area contributed by atoms with Gasteiger partial charge in [0.25, 0.3) is 0 Å². The number of aromatic nitrogens is 4. The standard InChI is InChI=1S/C22H24N8O2/c1-14-11-28(22(31)32)7-8-29(14)20-19-17(27(2)16-3-4-16)12-30(21(19)26-13-25-20)18-9-15(10-23)5-6-24-18/h5-6,9,12-14,16H,3-4,7-8,11H2,1-2H3,(H,31,32)/t14-/m0/s1. The maximum atomic E-state index is 11.4. The van der Waals surface area contributed by atoms with Crippen LogP contribution in [0.4, 0.5) is 16.3 Å². The zero-order chi connectivity index (χ0) is 22.4. The molecule has 1 amide bonds. The maximum Gasteiger partial charge on any atom is 0.407 e. The second-order valence-corrected chi connectivity index (χ2v) is 8.41. The molecule has 1 N–H and O–H groups in total. The zero-order valence-corrected chi connectivity index (χ0v) is 18.0. The number of hydrogen-bond donors (Lipinski definition) is 1. The van der Waals surface area contributed by atoms with Gasteiger partial charge in [-0.2, -0.15) is 5.26 Å². The highest BCUT2D eigenvalue weighted by atomic mass is 16.4. The summed E-state index contributed by atoms with van der Waals surface area (Å²) in [5.74, 6) is 1.42. The summed E-state index contributed by atoms with van der Waals surface area (Å²) >= 11 is 0. The van der Waals surface area contributed by atoms with Crippen molar-refractivity contribution in [3.8, 4) is 11.9 Å². The van der Waals surface area contributed by atoms with E-state index in [-0.39, 0.29) is 6.04 Å². The number of amides is 1. The van der Waals surface area contributed by atoms with E-state index < -0.39 is 6.09 Å². The lowest BCUT2D eigenvalue weighted by atomic mass is 10.1. The fraction of sp³-hybridized carbons (Fsp3) is 0.409. The maximum absolute atomic E-state index is 11.4. The number of nitriles is 1. The van der Waals surface area contributed by atoms with Crippen molar-refractivity contribution in [3.63, 3.8) is 0 Å². The molecule has 10 heteroatoms. The van der Waals surface area contributed by atoms with Gasteiger partial charge in [0, 0.05) is 51.2 Å². The number of anilines is 2. The molecule has 0 aromatic carbocycles. The van der Waals surface area contributed by atoms with Crippen molar-refractivity contribution >= 4 is 28.6 Å². The van der Waals surface area contributed by atoms with Crippen LogP contribution in [0.2, 0.25) is 0 Å². The van der Waals surface area contributed by atoms with Crippen molar-refractivity contribution in [3.05, 3.63) is 36.4 Å². The summed E-state index contributed by atoms with van der Waals surface area (Å²) in [5, 5.41) is 19.6. The molecule has 32 heavy (non-hydrogen) atoms. The molecule has 10 nitrogen and oxygen atoms in total. The normalized spacial score (nSPS) is 18.6. The predicted molar refractivity (Wildman–Crippen MR) is 119 cm³/mol. The van der Waals surface area contributed by atoms with Crippen molar-refractivity contribution in [2.45, 2.75) is 31.8 Å². The third-order valence-corrected chi connectivity index (χ3v) is 6.31. The quantitative estimate of drug-likeness (QED) is 0.669. The van der Waals surface area contributed by atoms with E-state index in [2.05, 4.69) is 37.9 Å². The Morgan fingerprint density at radius 1 is 1.28 bits per heavy atom. The molecule has 1 saturated heterocycles. The lowest BCUT2D eigenvalue weighted by Gasteiger charge is -2.39. The SMILES string of the molecule is C[C@H]1CN(C(=O)O)CCN1c1ncnc2c1c(N(C)C1CC1)cn2-c1cc(C#N)ccn1. The van der Waals surface area contributed by atoms with Gasteiger partial charge >= 0.3 is 6.09 Å². The number of fused-ring (bicyclic) bond motifs is 1. The second-order valence-electron chi connectivity index (χ2n) is 8.41. The van der Waals surface area contributed by atoms with E-state index in [1.165, 1.54) is 4.90 Å². The Morgan fingerprint density at radius 3 is 2.78 bits per heavy atom. The van der Waals surface area contributed by atoms with Gasteiger partial charge in [0.1, 0.15) is 18.0 Å². The van der Waals surface area contributed by atoms with E-state index in [1.54, 1.807) is 24.7 Å². The van der Waals surface area contributed by atoms with Crippen molar-refractivity contribution in [2.24, 2.45) is 0 Å². The average molecular weight is 432 g/mol. The third-order valence-electron chi connectivity index (χ3n) is 6.31. The molecule has 0 spiro atoms. The van der Waals surface area contributed by atoms with Crippen LogP contribution in [0.15, 0.2) is 30.9 Å². The first-order valence-electron chi connectivity index (χ1n) is 10.7. The first kappa shape index (κ1) is 20.1. The van der Waals surface area contributed by atoms with Gasteiger partial charge in [-0.3, -0.25) is 4.57 Å². The number of rotatable bonds is 4. The van der Waals surface area contributed by atoms with E-state index in [0.29, 0.717) is 42.7 Å². The fourth-order valence-corrected chi connectivity index (χ4v) is 4.41. The Labute approximate surface area is 185 Å². The van der Waals surface area contributed by atoms with Crippen LogP contribution in [-0.2, 0) is 0 Å². The molecule has 1 saturated carbocycles. The molecular formula is C22H24N8O2. The Bertz CT molecular complexity index is 1230. The van der Waals surface area contributed by atoms with Crippen LogP contribution < -0.4 is 9.80 Å². The molecule has 2 fully saturated rings. The van der Waals surface area contributed by atoms with Crippen LogP contribution >= 0.6 is 0 Å². The van der Waals surface area contributed by atoms with E-state index in [1.807, 2.05) is 17.7 Å². The average Bonchev–Trinajstić information content (AvgIpc) is 3.58. The summed E-state index contributed by atoms with van der Waals surface area (Å²) < 4.78 is 1.91. The minimum Gasteiger partial charge on any atom is -0.465 e. The second kappa shape index (κ2) is 7.67. The highest BCUT2D eigenvalue weighted by Gasteiger charge is 2.33. The molecule has 0 bridgehead atoms. The molecule has 164 valence electrons. The molecule has 4 heterocycles. The van der Waals surface area contributed by atoms with E-state index in [0.717, 1.165) is 29.7 Å². The van der Waals surface area contributed by atoms with Gasteiger partial charge in [0.15, 0.2) is 5.65 Å². The highest BCUT2D eigenvalue weighted by Crippen LogP contribution is 2.40. The summed E-state index contributed by atoms with van der Waals surface area (Å²) in [6.07, 6.45) is 6.57. The molecule has 3 aromatic heterocycles. The fourth-order valence-electron chi connectivity index (χ4n) is 4.41. The molecule has 1 aliphatic carbocycles. The lowest BCUT2D eigenvalue weighted by molar-refractivity contribution is 0.136. The summed E-state index contributed by atoms with van der Waals surface area (Å²) in [4.78, 5) is 31.0. The van der Waals surface area contributed by atoms with Gasteiger partial charge in [-0.25, -0.2) is 19.7 Å². The largest absolute Gasteiger partial charge is 0.465 e. The monoisotopic (exact) mass is 432 g/mol. The first-order valence-corrected chi connectivity index (χ1v) is 10.7. The minimum absolute atomic E-state index is 0.0274. The Hall–Kier alpha value is -3.87. The number of carbonyl (C=O) groups is 1. The predicted octanol–water partition coefficient (Wildman–Crippen LogP) is 2.47. The third kappa shape index (κ3) is 3.36. The van der Waals surface area contributed by atoms with Crippen LogP contribution in [0.5, 0.6) is 0 Å². The minimum atomic E-state index is -0.895. The number of nitrogens with zero attached hydrogens (tertiary/aromatic N) is 8. The topological polar surface area (TPSA) is 114 Å². The number of hydrogen-bond acceptors (Lipinski definition) is 7. The van der Waals surface area contributed by atoms with Gasteiger partial charge < -0.3 is 19.8 Å². The van der Waals surface area contributed by atoms with Crippen molar-refractivity contribution in [2.75, 3.05) is 36.5 Å². The summed E-state index contributed by atoms with van der Waals surface area (Å²) in [5.41, 5.74) is 2.25. The number of piperazine rings is 1. The van der Waals surface area contributed by atoms with Gasteiger partial charge in [0.05, 0.1) is 22.7 Å². The lowest BCUT2D eigenvalue weighted by Crippen LogP contribution is -2.53. The van der Waals surface area contributed by atoms with Crippen LogP contribution in [-0.4, -0.2) is 74.4 Å². The number of pyridine rings is 1. The molecule has 5 rings (SSSR count). The Morgan fingerprint density at radius 2 is 2.09 bits per heavy atom. The molecule has 0 unspecified atom stereocenters. The molecule has 1 atom stereocenters. The summed E-state index contributed by atoms with van der Waals surface area (Å²) in [7, 11) is 2.08. The highest BCUT2D eigenvalue weighted by molar-refractivity contribution is 6.00. The van der Waals surface area contributed by atoms with Crippen molar-refractivity contribution in [1.82, 2.24) is 24.4 Å². The number of carboxylic acid groups (broad SMARTS) is 1. The molecule has 2 aliphatic rings. The first-order chi connectivity index (χ1) is 15.5. The van der Waals surface area contributed by atoms with Crippen LogP contribution in [0, 0.1) is 11.3 Å². The summed E-state index contributed by atoms with van der Waals surface area (Å²) in [6, 6.07) is 6.04. The van der Waals surface area contributed by atoms with E-state index in [9.17, 15) is 15.2 Å². The molecular weight excluding hydrogens is 408 g/mol. The van der Waals surface area contributed by atoms with Gasteiger partial charge in [-0.1, -0.05) is 0 Å². The van der Waals surface area contributed by atoms with E-state index >= 15 is 0 Å². The van der Waals surface area contributed by atoms with Gasteiger partial charge in [0.2, 0.25) is 0 Å². The van der Waals surface area contributed by atoms with E-state index in [4.69, 9.17) is 0 Å². The summed E-state index contributed by atoms with van der Waals surface area (Å²) in [6.45, 7) is 3.41. The smallest absolute Gasteiger partial charge is 0.407 e. The van der Waals surface area contributed by atoms with Gasteiger partial charge in [-0.15, -0.1) is 0 Å². The zero-order valence-electron chi connectivity index (χ0n) is 18.0. The molecule has 0 radical (unpaired) electrons. The van der Waals surface area contributed by atoms with Crippen molar-refractivity contribution < 1.29 is 9.90 Å². The Balaban J connectivity index is 1.66. The molecule has 3 aromatic rings. The van der Waals surface area contributed by atoms with Crippen LogP contribution in [0.1, 0.15) is 25.3 Å². The van der Waals surface area contributed by atoms with Crippen LogP contribution in [0.3, 0.4) is 0 Å².